The number of hydrogen-bond acceptors (Lipinski definition) is 5. The molecule has 3 rings (SSSR count). The van der Waals surface area contributed by atoms with Gasteiger partial charge in [0.2, 0.25) is 0 Å². The van der Waals surface area contributed by atoms with Gasteiger partial charge in [-0.15, -0.1) is 0 Å². The Morgan fingerprint density at radius 3 is 2.92 bits per heavy atom. The molecular formula is C19H30N2O3. The minimum Gasteiger partial charge on any atom is -0.497 e. The van der Waals surface area contributed by atoms with Crippen LogP contribution in [0.2, 0.25) is 0 Å². The summed E-state index contributed by atoms with van der Waals surface area (Å²) in [5.41, 5.74) is 1.22. The third-order valence-electron chi connectivity index (χ3n) is 5.33. The minimum atomic E-state index is 0.509. The van der Waals surface area contributed by atoms with Crippen molar-refractivity contribution < 1.29 is 14.2 Å². The lowest BCUT2D eigenvalue weighted by molar-refractivity contribution is 0.0526. The fourth-order valence-corrected chi connectivity index (χ4v) is 4.04. The van der Waals surface area contributed by atoms with E-state index in [0.29, 0.717) is 18.0 Å². The highest BCUT2D eigenvalue weighted by Gasteiger charge is 2.34. The minimum absolute atomic E-state index is 0.509. The highest BCUT2D eigenvalue weighted by molar-refractivity contribution is 5.40. The van der Waals surface area contributed by atoms with Gasteiger partial charge >= 0.3 is 0 Å². The molecule has 0 radical (unpaired) electrons. The van der Waals surface area contributed by atoms with Crippen LogP contribution in [-0.2, 0) is 11.2 Å². The Kier molecular flexibility index (Phi) is 6.35. The van der Waals surface area contributed by atoms with Crippen LogP contribution in [0, 0.1) is 5.92 Å². The Bertz CT molecular complexity index is 517. The topological polar surface area (TPSA) is 51.8 Å². The van der Waals surface area contributed by atoms with Crippen molar-refractivity contribution in [1.29, 1.82) is 0 Å². The Morgan fingerprint density at radius 1 is 1.25 bits per heavy atom. The van der Waals surface area contributed by atoms with Crippen molar-refractivity contribution in [2.75, 3.05) is 40.5 Å². The molecular weight excluding hydrogens is 304 g/mol. The molecule has 2 N–H and O–H groups in total. The predicted octanol–water partition coefficient (Wildman–Crippen LogP) is 1.99. The van der Waals surface area contributed by atoms with Crippen LogP contribution in [-0.4, -0.2) is 52.6 Å². The molecule has 3 atom stereocenters. The highest BCUT2D eigenvalue weighted by Crippen LogP contribution is 2.30. The van der Waals surface area contributed by atoms with Crippen LogP contribution in [0.4, 0.5) is 0 Å². The lowest BCUT2D eigenvalue weighted by Crippen LogP contribution is -2.51. The molecule has 3 unspecified atom stereocenters. The molecule has 1 aromatic rings. The van der Waals surface area contributed by atoms with Crippen molar-refractivity contribution in [3.63, 3.8) is 0 Å². The first kappa shape index (κ1) is 17.5. The smallest absolute Gasteiger partial charge is 0.125 e. The zero-order chi connectivity index (χ0) is 16.8. The number of methoxy groups -OCH3 is 2. The molecule has 24 heavy (non-hydrogen) atoms. The summed E-state index contributed by atoms with van der Waals surface area (Å²) in [6.45, 7) is 3.65. The predicted molar refractivity (Wildman–Crippen MR) is 95.0 cm³/mol. The van der Waals surface area contributed by atoms with E-state index < -0.39 is 0 Å². The van der Waals surface area contributed by atoms with Gasteiger partial charge in [0.1, 0.15) is 11.5 Å². The van der Waals surface area contributed by atoms with Gasteiger partial charge in [0.15, 0.2) is 0 Å². The van der Waals surface area contributed by atoms with Gasteiger partial charge in [0.05, 0.1) is 27.4 Å². The molecule has 1 aliphatic carbocycles. The van der Waals surface area contributed by atoms with Gasteiger partial charge in [-0.1, -0.05) is 12.5 Å². The van der Waals surface area contributed by atoms with E-state index in [1.165, 1.54) is 24.8 Å². The fourth-order valence-electron chi connectivity index (χ4n) is 4.04. The van der Waals surface area contributed by atoms with E-state index in [9.17, 15) is 0 Å². The van der Waals surface area contributed by atoms with Gasteiger partial charge in [0, 0.05) is 24.7 Å². The normalized spacial score (nSPS) is 27.2. The first-order valence-electron chi connectivity index (χ1n) is 9.07. The van der Waals surface area contributed by atoms with Crippen LogP contribution in [0.1, 0.15) is 24.8 Å². The van der Waals surface area contributed by atoms with Crippen molar-refractivity contribution in [1.82, 2.24) is 10.6 Å². The monoisotopic (exact) mass is 334 g/mol. The molecule has 0 amide bonds. The molecule has 0 bridgehead atoms. The van der Waals surface area contributed by atoms with Gasteiger partial charge < -0.3 is 24.8 Å². The molecule has 0 spiro atoms. The SMILES string of the molecule is COc1ccc(CCNC2CCCC2C2COCCN2)c(OC)c1. The molecule has 1 aromatic carbocycles. The summed E-state index contributed by atoms with van der Waals surface area (Å²) >= 11 is 0. The zero-order valence-corrected chi connectivity index (χ0v) is 14.8. The number of ether oxygens (including phenoxy) is 3. The maximum Gasteiger partial charge on any atom is 0.125 e. The van der Waals surface area contributed by atoms with Crippen LogP contribution in [0.5, 0.6) is 11.5 Å². The Labute approximate surface area is 145 Å². The second-order valence-electron chi connectivity index (χ2n) is 6.72. The maximum absolute atomic E-state index is 5.65. The van der Waals surface area contributed by atoms with Gasteiger partial charge in [-0.25, -0.2) is 0 Å². The van der Waals surface area contributed by atoms with E-state index in [4.69, 9.17) is 14.2 Å². The number of benzene rings is 1. The van der Waals surface area contributed by atoms with Crippen molar-refractivity contribution >= 4 is 0 Å². The molecule has 5 heteroatoms. The van der Waals surface area contributed by atoms with Crippen LogP contribution in [0.15, 0.2) is 18.2 Å². The first-order chi connectivity index (χ1) is 11.8. The van der Waals surface area contributed by atoms with Gasteiger partial charge in [-0.3, -0.25) is 0 Å². The molecule has 1 saturated heterocycles. The van der Waals surface area contributed by atoms with Gasteiger partial charge in [-0.2, -0.15) is 0 Å². The average Bonchev–Trinajstić information content (AvgIpc) is 3.11. The second-order valence-corrected chi connectivity index (χ2v) is 6.72. The number of rotatable bonds is 7. The maximum atomic E-state index is 5.65. The molecule has 1 heterocycles. The summed E-state index contributed by atoms with van der Waals surface area (Å²) in [7, 11) is 3.40. The van der Waals surface area contributed by atoms with E-state index in [1.807, 2.05) is 12.1 Å². The van der Waals surface area contributed by atoms with Crippen molar-refractivity contribution in [2.45, 2.75) is 37.8 Å². The summed E-state index contributed by atoms with van der Waals surface area (Å²) in [5.74, 6) is 2.42. The van der Waals surface area contributed by atoms with E-state index in [0.717, 1.165) is 44.2 Å². The molecule has 5 nitrogen and oxygen atoms in total. The summed E-state index contributed by atoms with van der Waals surface area (Å²) in [6, 6.07) is 7.15. The molecule has 1 saturated carbocycles. The number of nitrogens with one attached hydrogen (secondary N) is 2. The van der Waals surface area contributed by atoms with Gasteiger partial charge in [-0.05, 0) is 43.4 Å². The average molecular weight is 334 g/mol. The summed E-state index contributed by atoms with van der Waals surface area (Å²) in [6.07, 6.45) is 4.84. The largest absolute Gasteiger partial charge is 0.497 e. The fraction of sp³-hybridized carbons (Fsp3) is 0.684. The van der Waals surface area contributed by atoms with Crippen molar-refractivity contribution in [2.24, 2.45) is 5.92 Å². The summed E-state index contributed by atoms with van der Waals surface area (Å²) in [5, 5.41) is 7.41. The van der Waals surface area contributed by atoms with Crippen molar-refractivity contribution in [3.05, 3.63) is 23.8 Å². The molecule has 2 aliphatic rings. The van der Waals surface area contributed by atoms with Crippen LogP contribution in [0.3, 0.4) is 0 Å². The van der Waals surface area contributed by atoms with Gasteiger partial charge in [0.25, 0.3) is 0 Å². The standard InChI is InChI=1S/C19H30N2O3/c1-22-15-7-6-14(19(12-15)23-2)8-9-20-17-5-3-4-16(17)18-13-24-11-10-21-18/h6-7,12,16-18,20-21H,3-5,8-11,13H2,1-2H3. The van der Waals surface area contributed by atoms with E-state index in [1.54, 1.807) is 14.2 Å². The third kappa shape index (κ3) is 4.21. The Morgan fingerprint density at radius 2 is 2.17 bits per heavy atom. The van der Waals surface area contributed by atoms with E-state index in [-0.39, 0.29) is 0 Å². The van der Waals surface area contributed by atoms with E-state index >= 15 is 0 Å². The lowest BCUT2D eigenvalue weighted by Gasteiger charge is -2.33. The van der Waals surface area contributed by atoms with Crippen LogP contribution >= 0.6 is 0 Å². The van der Waals surface area contributed by atoms with Crippen LogP contribution in [0.25, 0.3) is 0 Å². The third-order valence-corrected chi connectivity index (χ3v) is 5.33. The Balaban J connectivity index is 1.52. The Hall–Kier alpha value is -1.30. The number of hydrogen-bond donors (Lipinski definition) is 2. The molecule has 2 fully saturated rings. The number of morpholine rings is 1. The molecule has 0 aromatic heterocycles. The second kappa shape index (κ2) is 8.70. The molecule has 1 aliphatic heterocycles. The van der Waals surface area contributed by atoms with E-state index in [2.05, 4.69) is 16.7 Å². The summed E-state index contributed by atoms with van der Waals surface area (Å²) in [4.78, 5) is 0. The quantitative estimate of drug-likeness (QED) is 0.799. The lowest BCUT2D eigenvalue weighted by atomic mass is 9.94. The first-order valence-corrected chi connectivity index (χ1v) is 9.07. The molecule has 134 valence electrons. The summed E-state index contributed by atoms with van der Waals surface area (Å²) < 4.78 is 16.4. The zero-order valence-electron chi connectivity index (χ0n) is 14.8. The van der Waals surface area contributed by atoms with Crippen LogP contribution < -0.4 is 20.1 Å². The van der Waals surface area contributed by atoms with Crippen molar-refractivity contribution in [3.8, 4) is 11.5 Å². The highest BCUT2D eigenvalue weighted by atomic mass is 16.5.